The summed E-state index contributed by atoms with van der Waals surface area (Å²) < 4.78 is 47.6. The van der Waals surface area contributed by atoms with Crippen LogP contribution in [0.5, 0.6) is 0 Å². The van der Waals surface area contributed by atoms with Gasteiger partial charge in [0.15, 0.2) is 22.9 Å². The van der Waals surface area contributed by atoms with Crippen LogP contribution >= 0.6 is 11.3 Å². The van der Waals surface area contributed by atoms with Gasteiger partial charge in [-0.25, -0.2) is 9.37 Å². The second kappa shape index (κ2) is 12.1. The topological polar surface area (TPSA) is 95.1 Å². The fourth-order valence-corrected chi connectivity index (χ4v) is 7.88. The van der Waals surface area contributed by atoms with Gasteiger partial charge in [-0.15, -0.1) is 11.3 Å². The number of piperazine rings is 1. The number of likely N-dealkylation sites (N-methyl/N-ethyl adjacent to an activating group) is 1. The highest BCUT2D eigenvalue weighted by atomic mass is 32.1. The zero-order chi connectivity index (χ0) is 30.3. The van der Waals surface area contributed by atoms with Crippen LogP contribution in [0.3, 0.4) is 0 Å². The highest BCUT2D eigenvalue weighted by Gasteiger charge is 2.59. The van der Waals surface area contributed by atoms with E-state index in [1.165, 1.54) is 28.4 Å². The van der Waals surface area contributed by atoms with Crippen LogP contribution in [0, 0.1) is 17.7 Å². The van der Waals surface area contributed by atoms with Crippen molar-refractivity contribution in [2.75, 3.05) is 51.3 Å². The zero-order valence-electron chi connectivity index (χ0n) is 23.8. The summed E-state index contributed by atoms with van der Waals surface area (Å²) in [6.07, 6.45) is 1.46. The van der Waals surface area contributed by atoms with Crippen molar-refractivity contribution in [1.29, 1.82) is 0 Å². The molecule has 3 saturated heterocycles. The number of rotatable bonds is 8. The number of carbonyl (C=O) groups is 3. The summed E-state index contributed by atoms with van der Waals surface area (Å²) in [6.45, 7) is 3.18. The Morgan fingerprint density at radius 3 is 2.60 bits per heavy atom. The molecule has 4 aliphatic rings. The van der Waals surface area contributed by atoms with E-state index < -0.39 is 41.5 Å². The van der Waals surface area contributed by atoms with E-state index in [1.807, 2.05) is 0 Å². The van der Waals surface area contributed by atoms with Crippen LogP contribution in [0.4, 0.5) is 18.3 Å². The summed E-state index contributed by atoms with van der Waals surface area (Å²) in [5.41, 5.74) is -0.921. The number of ether oxygens (including phenoxy) is 1. The molecule has 0 radical (unpaired) electrons. The molecule has 9 nitrogen and oxygen atoms in total. The van der Waals surface area contributed by atoms with Crippen LogP contribution in [0.1, 0.15) is 36.0 Å². The molecule has 2 aromatic rings. The Balaban J connectivity index is 1.26. The molecule has 1 amide bonds. The number of hydrogen-bond donors (Lipinski definition) is 1. The van der Waals surface area contributed by atoms with Crippen molar-refractivity contribution in [2.45, 2.75) is 43.5 Å². The molecule has 0 bridgehead atoms. The van der Waals surface area contributed by atoms with Crippen molar-refractivity contribution in [2.24, 2.45) is 11.8 Å². The number of likely N-dealkylation sites (tertiary alicyclic amines) is 1. The van der Waals surface area contributed by atoms with Gasteiger partial charge in [0, 0.05) is 61.1 Å². The highest BCUT2D eigenvalue weighted by Crippen LogP contribution is 2.43. The number of aldehydes is 1. The van der Waals surface area contributed by atoms with E-state index in [0.717, 1.165) is 56.3 Å². The molecule has 1 N–H and O–H groups in total. The predicted molar refractivity (Wildman–Crippen MR) is 154 cm³/mol. The third-order valence-electron chi connectivity index (χ3n) is 9.28. The van der Waals surface area contributed by atoms with Crippen LogP contribution < -0.4 is 10.2 Å². The van der Waals surface area contributed by atoms with Gasteiger partial charge in [0.25, 0.3) is 12.0 Å². The summed E-state index contributed by atoms with van der Waals surface area (Å²) in [5.74, 6) is -2.84. The van der Waals surface area contributed by atoms with E-state index >= 15 is 4.39 Å². The molecule has 0 spiro atoms. The SMILES string of the molecule is CN1CCN(c2nc(-c3ccc(C(=O)NC(C=O)(C4CCCC4)N4CC(C=C(F)F)C5OCC(=O)C54)cc3F)cs2)CC1. The van der Waals surface area contributed by atoms with E-state index in [-0.39, 0.29) is 36.0 Å². The highest BCUT2D eigenvalue weighted by molar-refractivity contribution is 7.14. The normalized spacial score (nSPS) is 26.4. The minimum absolute atomic E-state index is 0.00372. The Morgan fingerprint density at radius 1 is 1.19 bits per heavy atom. The minimum atomic E-state index is -1.90. The Kier molecular flexibility index (Phi) is 8.42. The van der Waals surface area contributed by atoms with Crippen molar-refractivity contribution in [3.63, 3.8) is 0 Å². The number of carbonyl (C=O) groups excluding carboxylic acids is 3. The minimum Gasteiger partial charge on any atom is -0.368 e. The molecule has 6 rings (SSSR count). The fraction of sp³-hybridized carbons (Fsp3) is 0.533. The van der Waals surface area contributed by atoms with Crippen LogP contribution in [0.2, 0.25) is 0 Å². The van der Waals surface area contributed by atoms with Crippen molar-refractivity contribution in [3.8, 4) is 11.3 Å². The van der Waals surface area contributed by atoms with E-state index in [0.29, 0.717) is 24.8 Å². The summed E-state index contributed by atoms with van der Waals surface area (Å²) in [5, 5.41) is 5.44. The fourth-order valence-electron chi connectivity index (χ4n) is 7.00. The second-order valence-electron chi connectivity index (χ2n) is 11.8. The summed E-state index contributed by atoms with van der Waals surface area (Å²) in [7, 11) is 2.07. The van der Waals surface area contributed by atoms with Gasteiger partial charge in [-0.1, -0.05) is 12.8 Å². The van der Waals surface area contributed by atoms with Gasteiger partial charge >= 0.3 is 0 Å². The van der Waals surface area contributed by atoms with E-state index in [9.17, 15) is 23.2 Å². The van der Waals surface area contributed by atoms with E-state index in [2.05, 4.69) is 27.1 Å². The third kappa shape index (κ3) is 5.63. The second-order valence-corrected chi connectivity index (χ2v) is 12.7. The first-order valence-electron chi connectivity index (χ1n) is 14.6. The first kappa shape index (κ1) is 29.9. The molecular weight excluding hydrogens is 583 g/mol. The van der Waals surface area contributed by atoms with Crippen molar-refractivity contribution >= 4 is 34.4 Å². The number of benzene rings is 1. The van der Waals surface area contributed by atoms with Gasteiger partial charge < -0.3 is 19.9 Å². The molecule has 4 unspecified atom stereocenters. The van der Waals surface area contributed by atoms with Gasteiger partial charge in [0.1, 0.15) is 18.5 Å². The number of amides is 1. The largest absolute Gasteiger partial charge is 0.368 e. The van der Waals surface area contributed by atoms with Gasteiger partial charge in [0.05, 0.1) is 11.8 Å². The first-order valence-corrected chi connectivity index (χ1v) is 15.5. The maximum Gasteiger partial charge on any atom is 0.266 e. The molecule has 4 fully saturated rings. The lowest BCUT2D eigenvalue weighted by molar-refractivity contribution is -0.131. The Hall–Kier alpha value is -3.13. The maximum absolute atomic E-state index is 15.5. The number of aromatic nitrogens is 1. The quantitative estimate of drug-likeness (QED) is 0.450. The summed E-state index contributed by atoms with van der Waals surface area (Å²) >= 11 is 1.44. The smallest absolute Gasteiger partial charge is 0.266 e. The molecule has 4 heterocycles. The van der Waals surface area contributed by atoms with Gasteiger partial charge in [-0.2, -0.15) is 8.78 Å². The van der Waals surface area contributed by atoms with Crippen LogP contribution in [-0.4, -0.2) is 96.9 Å². The Morgan fingerprint density at radius 2 is 1.93 bits per heavy atom. The van der Waals surface area contributed by atoms with Gasteiger partial charge in [-0.3, -0.25) is 19.3 Å². The lowest BCUT2D eigenvalue weighted by Gasteiger charge is -2.44. The predicted octanol–water partition coefficient (Wildman–Crippen LogP) is 3.56. The monoisotopic (exact) mass is 617 g/mol. The van der Waals surface area contributed by atoms with E-state index in [1.54, 1.807) is 5.38 Å². The average Bonchev–Trinajstić information content (AvgIpc) is 3.80. The number of ketones is 1. The first-order chi connectivity index (χ1) is 20.7. The number of Topliss-reactive ketones (excluding diaryl/α,β-unsaturated/α-hetero) is 1. The molecule has 1 aromatic carbocycles. The standard InChI is InChI=1S/C30H34F3N5O4S/c1-36-8-10-37(11-9-36)29-34-23(16-43-29)21-7-6-18(12-22(21)31)28(41)35-30(17-39,20-4-2-3-5-20)38-14-19(13-25(32)33)27-26(38)24(40)15-42-27/h6-7,12-13,16-17,19-20,26-27H,2-5,8-11,14-15H2,1H3,(H,35,41). The maximum atomic E-state index is 15.5. The number of nitrogens with zero attached hydrogens (tertiary/aromatic N) is 4. The number of anilines is 1. The molecule has 1 saturated carbocycles. The van der Waals surface area contributed by atoms with Crippen molar-refractivity contribution in [1.82, 2.24) is 20.1 Å². The summed E-state index contributed by atoms with van der Waals surface area (Å²) in [6, 6.07) is 3.14. The van der Waals surface area contributed by atoms with Crippen molar-refractivity contribution < 1.29 is 32.3 Å². The van der Waals surface area contributed by atoms with Crippen LogP contribution in [0.25, 0.3) is 11.3 Å². The molecule has 1 aliphatic carbocycles. The molecule has 43 heavy (non-hydrogen) atoms. The molecule has 3 aliphatic heterocycles. The van der Waals surface area contributed by atoms with Gasteiger partial charge in [-0.05, 0) is 44.2 Å². The van der Waals surface area contributed by atoms with Crippen LogP contribution in [0.15, 0.2) is 35.7 Å². The third-order valence-corrected chi connectivity index (χ3v) is 10.2. The zero-order valence-corrected chi connectivity index (χ0v) is 24.6. The van der Waals surface area contributed by atoms with Gasteiger partial charge in [0.2, 0.25) is 0 Å². The molecule has 230 valence electrons. The average molecular weight is 618 g/mol. The number of halogens is 3. The van der Waals surface area contributed by atoms with Crippen molar-refractivity contribution in [3.05, 3.63) is 47.1 Å². The summed E-state index contributed by atoms with van der Waals surface area (Å²) in [4.78, 5) is 50.1. The van der Waals surface area contributed by atoms with Crippen LogP contribution in [-0.2, 0) is 14.3 Å². The number of hydrogen-bond acceptors (Lipinski definition) is 9. The molecule has 1 aromatic heterocycles. The lowest BCUT2D eigenvalue weighted by atomic mass is 9.88. The lowest BCUT2D eigenvalue weighted by Crippen LogP contribution is -2.68. The Labute approximate surface area is 251 Å². The number of nitrogens with one attached hydrogen (secondary N) is 1. The number of fused-ring (bicyclic) bond motifs is 1. The van der Waals surface area contributed by atoms with E-state index in [4.69, 9.17) is 4.74 Å². The Bertz CT molecular complexity index is 1420. The number of thiazole rings is 1. The molecule has 4 atom stereocenters. The molecular formula is C30H34F3N5O4S. The molecule has 13 heteroatoms.